The minimum Gasteiger partial charge on any atom is -0.220 e. The van der Waals surface area contributed by atoms with Crippen LogP contribution in [0, 0.1) is 12.8 Å². The van der Waals surface area contributed by atoms with Gasteiger partial charge in [0.15, 0.2) is 0 Å². The van der Waals surface area contributed by atoms with Crippen molar-refractivity contribution in [2.45, 2.75) is 26.2 Å². The van der Waals surface area contributed by atoms with E-state index >= 15 is 0 Å². The van der Waals surface area contributed by atoms with Crippen LogP contribution in [0.25, 0.3) is 11.1 Å². The van der Waals surface area contributed by atoms with E-state index in [-0.39, 0.29) is 0 Å². The summed E-state index contributed by atoms with van der Waals surface area (Å²) in [6.45, 7) is 4.23. The molecule has 0 saturated heterocycles. The summed E-state index contributed by atoms with van der Waals surface area (Å²) < 4.78 is 0. The van der Waals surface area contributed by atoms with Gasteiger partial charge in [-0.15, -0.1) is 0 Å². The van der Waals surface area contributed by atoms with Crippen molar-refractivity contribution in [2.24, 2.45) is 5.92 Å². The van der Waals surface area contributed by atoms with Crippen LogP contribution in [0.1, 0.15) is 30.7 Å². The second-order valence-corrected chi connectivity index (χ2v) is 5.94. The van der Waals surface area contributed by atoms with Crippen LogP contribution in [-0.4, -0.2) is 9.97 Å². The van der Waals surface area contributed by atoms with E-state index in [9.17, 15) is 0 Å². The maximum atomic E-state index is 6.29. The summed E-state index contributed by atoms with van der Waals surface area (Å²) in [5, 5.41) is 0.885. The smallest absolute Gasteiger partial charge is 0.142 e. The highest BCUT2D eigenvalue weighted by Crippen LogP contribution is 2.46. The zero-order valence-corrected chi connectivity index (χ0v) is 12.3. The zero-order valence-electron chi connectivity index (χ0n) is 10.8. The fourth-order valence-electron chi connectivity index (χ4n) is 2.23. The lowest BCUT2D eigenvalue weighted by atomic mass is 10.1. The van der Waals surface area contributed by atoms with Crippen LogP contribution in [0.3, 0.4) is 0 Å². The Labute approximate surface area is 122 Å². The van der Waals surface area contributed by atoms with Gasteiger partial charge in [0.2, 0.25) is 0 Å². The number of hydrogen-bond acceptors (Lipinski definition) is 2. The SMILES string of the molecule is Cc1ccc(-c2c(Cl)nc(C3CC3C)nc2Cl)cc1. The number of benzene rings is 1. The predicted molar refractivity (Wildman–Crippen MR) is 78.7 cm³/mol. The van der Waals surface area contributed by atoms with Gasteiger partial charge in [-0.05, 0) is 24.8 Å². The van der Waals surface area contributed by atoms with E-state index in [1.165, 1.54) is 5.56 Å². The Kier molecular flexibility index (Phi) is 3.23. The Bertz CT molecular complexity index is 600. The molecule has 1 aliphatic carbocycles. The van der Waals surface area contributed by atoms with Crippen molar-refractivity contribution in [3.63, 3.8) is 0 Å². The van der Waals surface area contributed by atoms with Gasteiger partial charge in [0.1, 0.15) is 16.1 Å². The average Bonchev–Trinajstić information content (AvgIpc) is 3.08. The van der Waals surface area contributed by atoms with Crippen LogP contribution in [0.4, 0.5) is 0 Å². The molecular weight excluding hydrogens is 279 g/mol. The number of aromatic nitrogens is 2. The van der Waals surface area contributed by atoms with E-state index in [0.29, 0.717) is 22.1 Å². The van der Waals surface area contributed by atoms with Crippen LogP contribution in [0.2, 0.25) is 10.3 Å². The topological polar surface area (TPSA) is 25.8 Å². The molecule has 1 aliphatic rings. The fraction of sp³-hybridized carbons (Fsp3) is 0.333. The molecule has 98 valence electrons. The second-order valence-electron chi connectivity index (χ2n) is 5.22. The highest BCUT2D eigenvalue weighted by molar-refractivity contribution is 6.37. The van der Waals surface area contributed by atoms with E-state index in [4.69, 9.17) is 23.2 Å². The standard InChI is InChI=1S/C15H14Cl2N2/c1-8-3-5-10(6-4-8)12-13(16)18-15(19-14(12)17)11-7-9(11)2/h3-6,9,11H,7H2,1-2H3. The minimum atomic E-state index is 0.419. The molecule has 1 aromatic heterocycles. The van der Waals surface area contributed by atoms with Gasteiger partial charge >= 0.3 is 0 Å². The zero-order chi connectivity index (χ0) is 13.6. The third-order valence-electron chi connectivity index (χ3n) is 3.62. The van der Waals surface area contributed by atoms with E-state index in [0.717, 1.165) is 23.4 Å². The second kappa shape index (κ2) is 4.77. The van der Waals surface area contributed by atoms with Gasteiger partial charge in [0, 0.05) is 5.92 Å². The Morgan fingerprint density at radius 2 is 1.58 bits per heavy atom. The third-order valence-corrected chi connectivity index (χ3v) is 4.17. The molecule has 0 N–H and O–H groups in total. The van der Waals surface area contributed by atoms with Crippen molar-refractivity contribution in [3.05, 3.63) is 46.0 Å². The van der Waals surface area contributed by atoms with Gasteiger partial charge < -0.3 is 0 Å². The van der Waals surface area contributed by atoms with E-state index in [1.807, 2.05) is 31.2 Å². The molecule has 0 bridgehead atoms. The summed E-state index contributed by atoms with van der Waals surface area (Å²) in [7, 11) is 0. The first-order chi connectivity index (χ1) is 9.06. The number of aryl methyl sites for hydroxylation is 1. The largest absolute Gasteiger partial charge is 0.220 e. The van der Waals surface area contributed by atoms with Crippen LogP contribution in [0.15, 0.2) is 24.3 Å². The molecule has 0 amide bonds. The van der Waals surface area contributed by atoms with Crippen LogP contribution in [-0.2, 0) is 0 Å². The normalized spacial score (nSPS) is 21.5. The summed E-state index contributed by atoms with van der Waals surface area (Å²) in [4.78, 5) is 8.83. The molecule has 3 rings (SSSR count). The minimum absolute atomic E-state index is 0.419. The number of hydrogen-bond donors (Lipinski definition) is 0. The van der Waals surface area contributed by atoms with Crippen LogP contribution >= 0.6 is 23.2 Å². The molecule has 2 aromatic rings. The summed E-state index contributed by atoms with van der Waals surface area (Å²) in [6, 6.07) is 8.04. The molecule has 4 heteroatoms. The summed E-state index contributed by atoms with van der Waals surface area (Å²) in [5.41, 5.74) is 2.87. The lowest BCUT2D eigenvalue weighted by Gasteiger charge is -2.08. The molecule has 2 atom stereocenters. The molecule has 2 nitrogen and oxygen atoms in total. The first kappa shape index (κ1) is 12.9. The predicted octanol–water partition coefficient (Wildman–Crippen LogP) is 4.88. The Morgan fingerprint density at radius 3 is 2.05 bits per heavy atom. The fourth-order valence-corrected chi connectivity index (χ4v) is 2.85. The van der Waals surface area contributed by atoms with E-state index in [2.05, 4.69) is 16.9 Å². The van der Waals surface area contributed by atoms with Gasteiger partial charge in [-0.1, -0.05) is 60.0 Å². The van der Waals surface area contributed by atoms with Gasteiger partial charge in [-0.2, -0.15) is 0 Å². The molecule has 1 saturated carbocycles. The Balaban J connectivity index is 2.04. The van der Waals surface area contributed by atoms with Crippen molar-refractivity contribution in [1.82, 2.24) is 9.97 Å². The molecule has 1 fully saturated rings. The highest BCUT2D eigenvalue weighted by Gasteiger charge is 2.37. The monoisotopic (exact) mass is 292 g/mol. The third kappa shape index (κ3) is 2.47. The van der Waals surface area contributed by atoms with Crippen LogP contribution in [0.5, 0.6) is 0 Å². The summed E-state index contributed by atoms with van der Waals surface area (Å²) in [5.74, 6) is 1.83. The van der Waals surface area contributed by atoms with E-state index < -0.39 is 0 Å². The quantitative estimate of drug-likeness (QED) is 0.737. The molecular formula is C15H14Cl2N2. The number of nitrogens with zero attached hydrogens (tertiary/aromatic N) is 2. The summed E-state index contributed by atoms with van der Waals surface area (Å²) >= 11 is 12.6. The lowest BCUT2D eigenvalue weighted by Crippen LogP contribution is -1.97. The molecule has 1 heterocycles. The van der Waals surface area contributed by atoms with Crippen molar-refractivity contribution >= 4 is 23.2 Å². The van der Waals surface area contributed by atoms with Crippen molar-refractivity contribution in [2.75, 3.05) is 0 Å². The Hall–Kier alpha value is -1.12. The van der Waals surface area contributed by atoms with Crippen molar-refractivity contribution in [3.8, 4) is 11.1 Å². The molecule has 0 radical (unpaired) electrons. The molecule has 1 aromatic carbocycles. The molecule has 19 heavy (non-hydrogen) atoms. The lowest BCUT2D eigenvalue weighted by molar-refractivity contribution is 0.843. The van der Waals surface area contributed by atoms with Gasteiger partial charge in [0.05, 0.1) is 5.56 Å². The first-order valence-electron chi connectivity index (χ1n) is 6.36. The molecule has 2 unspecified atom stereocenters. The molecule has 0 aliphatic heterocycles. The maximum Gasteiger partial charge on any atom is 0.142 e. The van der Waals surface area contributed by atoms with Gasteiger partial charge in [-0.25, -0.2) is 9.97 Å². The Morgan fingerprint density at radius 1 is 1.05 bits per heavy atom. The van der Waals surface area contributed by atoms with Gasteiger partial charge in [-0.3, -0.25) is 0 Å². The van der Waals surface area contributed by atoms with Crippen LogP contribution < -0.4 is 0 Å². The van der Waals surface area contributed by atoms with E-state index in [1.54, 1.807) is 0 Å². The number of halogens is 2. The highest BCUT2D eigenvalue weighted by atomic mass is 35.5. The van der Waals surface area contributed by atoms with Gasteiger partial charge in [0.25, 0.3) is 0 Å². The summed E-state index contributed by atoms with van der Waals surface area (Å²) in [6.07, 6.45) is 1.12. The van der Waals surface area contributed by atoms with Crippen molar-refractivity contribution < 1.29 is 0 Å². The average molecular weight is 293 g/mol. The number of rotatable bonds is 2. The first-order valence-corrected chi connectivity index (χ1v) is 7.12. The maximum absolute atomic E-state index is 6.29. The van der Waals surface area contributed by atoms with Crippen molar-refractivity contribution in [1.29, 1.82) is 0 Å². The molecule has 0 spiro atoms.